The van der Waals surface area contributed by atoms with Crippen molar-refractivity contribution >= 4 is 0 Å². The first-order chi connectivity index (χ1) is 9.96. The van der Waals surface area contributed by atoms with E-state index in [1.54, 1.807) is 0 Å². The highest BCUT2D eigenvalue weighted by Gasteiger charge is 2.32. The van der Waals surface area contributed by atoms with Crippen LogP contribution in [0.5, 0.6) is 0 Å². The highest BCUT2D eigenvalue weighted by Crippen LogP contribution is 2.26. The number of piperidine rings is 1. The van der Waals surface area contributed by atoms with Crippen molar-refractivity contribution < 1.29 is 5.11 Å². The fraction of sp³-hybridized carbons (Fsp3) is 0.812. The average molecular weight is 294 g/mol. The number of rotatable bonds is 6. The highest BCUT2D eigenvalue weighted by molar-refractivity contribution is 5.16. The van der Waals surface area contributed by atoms with Gasteiger partial charge in [-0.3, -0.25) is 4.68 Å². The van der Waals surface area contributed by atoms with Gasteiger partial charge >= 0.3 is 0 Å². The standard InChI is InChI=1S/C16H30N4O/c1-13(2)20-12-15(14(3)18-20)11-17-16(7-10-21)5-8-19(4)9-6-16/h12-13,17,21H,5-11H2,1-4H3. The summed E-state index contributed by atoms with van der Waals surface area (Å²) in [5, 5.41) is 17.7. The smallest absolute Gasteiger partial charge is 0.0638 e. The van der Waals surface area contributed by atoms with Gasteiger partial charge in [-0.15, -0.1) is 0 Å². The average Bonchev–Trinajstić information content (AvgIpc) is 2.82. The molecule has 2 rings (SSSR count). The Bertz CT molecular complexity index is 447. The first kappa shape index (κ1) is 16.5. The van der Waals surface area contributed by atoms with Gasteiger partial charge in [-0.05, 0) is 60.2 Å². The molecule has 0 aromatic carbocycles. The van der Waals surface area contributed by atoms with E-state index in [1.165, 1.54) is 5.56 Å². The zero-order chi connectivity index (χ0) is 15.5. The SMILES string of the molecule is Cc1nn(C(C)C)cc1CNC1(CCO)CCN(C)CC1. The third-order valence-corrected chi connectivity index (χ3v) is 4.74. The Morgan fingerprint density at radius 3 is 2.57 bits per heavy atom. The van der Waals surface area contributed by atoms with Crippen LogP contribution in [0.25, 0.3) is 0 Å². The monoisotopic (exact) mass is 294 g/mol. The molecule has 0 saturated carbocycles. The van der Waals surface area contributed by atoms with E-state index in [1.807, 2.05) is 4.68 Å². The maximum atomic E-state index is 9.41. The number of hydrogen-bond acceptors (Lipinski definition) is 4. The summed E-state index contributed by atoms with van der Waals surface area (Å²) in [5.41, 5.74) is 2.44. The van der Waals surface area contributed by atoms with Crippen LogP contribution >= 0.6 is 0 Å². The molecule has 1 aliphatic rings. The molecular weight excluding hydrogens is 264 g/mol. The predicted octanol–water partition coefficient (Wildman–Crippen LogP) is 1.71. The lowest BCUT2D eigenvalue weighted by atomic mass is 9.84. The van der Waals surface area contributed by atoms with Crippen LogP contribution in [-0.2, 0) is 6.54 Å². The fourth-order valence-electron chi connectivity index (χ4n) is 3.02. The quantitative estimate of drug-likeness (QED) is 0.838. The van der Waals surface area contributed by atoms with Crippen LogP contribution in [0.1, 0.15) is 50.4 Å². The second kappa shape index (κ2) is 6.90. The highest BCUT2D eigenvalue weighted by atomic mass is 16.3. The van der Waals surface area contributed by atoms with Gasteiger partial charge in [0.05, 0.1) is 5.69 Å². The molecule has 0 radical (unpaired) electrons. The fourth-order valence-corrected chi connectivity index (χ4v) is 3.02. The van der Waals surface area contributed by atoms with E-state index in [2.05, 4.69) is 49.3 Å². The van der Waals surface area contributed by atoms with Crippen molar-refractivity contribution in [3.05, 3.63) is 17.5 Å². The second-order valence-corrected chi connectivity index (χ2v) is 6.72. The van der Waals surface area contributed by atoms with Gasteiger partial charge in [0.1, 0.15) is 0 Å². The van der Waals surface area contributed by atoms with Crippen LogP contribution in [0.15, 0.2) is 6.20 Å². The predicted molar refractivity (Wildman–Crippen MR) is 85.4 cm³/mol. The van der Waals surface area contributed by atoms with Gasteiger partial charge in [-0.25, -0.2) is 0 Å². The van der Waals surface area contributed by atoms with E-state index < -0.39 is 0 Å². The van der Waals surface area contributed by atoms with Crippen molar-refractivity contribution in [1.29, 1.82) is 0 Å². The summed E-state index contributed by atoms with van der Waals surface area (Å²) in [6, 6.07) is 0.396. The Labute approximate surface area is 128 Å². The molecule has 0 aliphatic carbocycles. The Balaban J connectivity index is 2.02. The Morgan fingerprint density at radius 1 is 1.38 bits per heavy atom. The first-order valence-electron chi connectivity index (χ1n) is 8.05. The van der Waals surface area contributed by atoms with E-state index in [0.29, 0.717) is 6.04 Å². The zero-order valence-corrected chi connectivity index (χ0v) is 13.9. The molecule has 1 saturated heterocycles. The molecule has 120 valence electrons. The number of likely N-dealkylation sites (tertiary alicyclic amines) is 1. The maximum absolute atomic E-state index is 9.41. The van der Waals surface area contributed by atoms with E-state index in [9.17, 15) is 5.11 Å². The Kier molecular flexibility index (Phi) is 5.41. The third-order valence-electron chi connectivity index (χ3n) is 4.74. The minimum atomic E-state index is 0.0770. The van der Waals surface area contributed by atoms with Crippen LogP contribution < -0.4 is 5.32 Å². The Hall–Kier alpha value is -0.910. The van der Waals surface area contributed by atoms with Gasteiger partial charge in [-0.1, -0.05) is 0 Å². The summed E-state index contributed by atoms with van der Waals surface area (Å²) in [6.45, 7) is 9.64. The van der Waals surface area contributed by atoms with Crippen LogP contribution in [0.2, 0.25) is 0 Å². The lowest BCUT2D eigenvalue weighted by Crippen LogP contribution is -2.52. The number of aliphatic hydroxyl groups is 1. The first-order valence-corrected chi connectivity index (χ1v) is 8.05. The van der Waals surface area contributed by atoms with Crippen LogP contribution in [0.3, 0.4) is 0 Å². The number of nitrogens with one attached hydrogen (secondary N) is 1. The van der Waals surface area contributed by atoms with Crippen molar-refractivity contribution in [1.82, 2.24) is 20.0 Å². The van der Waals surface area contributed by atoms with Crippen LogP contribution in [0.4, 0.5) is 0 Å². The second-order valence-electron chi connectivity index (χ2n) is 6.72. The molecule has 0 bridgehead atoms. The maximum Gasteiger partial charge on any atom is 0.0638 e. The molecular formula is C16H30N4O. The van der Waals surface area contributed by atoms with Crippen LogP contribution in [0, 0.1) is 6.92 Å². The van der Waals surface area contributed by atoms with E-state index in [0.717, 1.165) is 44.6 Å². The van der Waals surface area contributed by atoms with Gasteiger partial charge in [0.25, 0.3) is 0 Å². The van der Waals surface area contributed by atoms with E-state index in [-0.39, 0.29) is 12.1 Å². The summed E-state index contributed by atoms with van der Waals surface area (Å²) >= 11 is 0. The molecule has 0 spiro atoms. The number of aliphatic hydroxyl groups excluding tert-OH is 1. The van der Waals surface area contributed by atoms with Gasteiger partial charge in [0.2, 0.25) is 0 Å². The Morgan fingerprint density at radius 2 is 2.05 bits per heavy atom. The van der Waals surface area contributed by atoms with Crippen molar-refractivity contribution in [2.24, 2.45) is 0 Å². The van der Waals surface area contributed by atoms with Gasteiger partial charge in [0.15, 0.2) is 0 Å². The molecule has 0 atom stereocenters. The summed E-state index contributed by atoms with van der Waals surface area (Å²) in [4.78, 5) is 2.36. The number of hydrogen-bond donors (Lipinski definition) is 2. The van der Waals surface area contributed by atoms with Crippen molar-refractivity contribution in [2.75, 3.05) is 26.7 Å². The topological polar surface area (TPSA) is 53.3 Å². The minimum absolute atomic E-state index is 0.0770. The van der Waals surface area contributed by atoms with Crippen molar-refractivity contribution in [3.63, 3.8) is 0 Å². The zero-order valence-electron chi connectivity index (χ0n) is 13.9. The molecule has 1 aromatic rings. The van der Waals surface area contributed by atoms with Gasteiger partial charge < -0.3 is 15.3 Å². The number of aryl methyl sites for hydroxylation is 1. The number of aromatic nitrogens is 2. The van der Waals surface area contributed by atoms with Crippen LogP contribution in [-0.4, -0.2) is 52.1 Å². The molecule has 5 heteroatoms. The van der Waals surface area contributed by atoms with Crippen molar-refractivity contribution in [2.45, 2.75) is 58.2 Å². The lowest BCUT2D eigenvalue weighted by Gasteiger charge is -2.41. The molecule has 2 heterocycles. The summed E-state index contributed by atoms with van der Waals surface area (Å²) in [5.74, 6) is 0. The molecule has 1 fully saturated rings. The molecule has 0 unspecified atom stereocenters. The molecule has 21 heavy (non-hydrogen) atoms. The normalized spacial score (nSPS) is 19.3. The largest absolute Gasteiger partial charge is 0.396 e. The van der Waals surface area contributed by atoms with E-state index in [4.69, 9.17) is 0 Å². The number of nitrogens with zero attached hydrogens (tertiary/aromatic N) is 3. The van der Waals surface area contributed by atoms with Gasteiger partial charge in [-0.2, -0.15) is 5.10 Å². The molecule has 5 nitrogen and oxygen atoms in total. The van der Waals surface area contributed by atoms with E-state index >= 15 is 0 Å². The minimum Gasteiger partial charge on any atom is -0.396 e. The molecule has 0 amide bonds. The third kappa shape index (κ3) is 4.05. The summed E-state index contributed by atoms with van der Waals surface area (Å²) in [7, 11) is 2.17. The molecule has 1 aromatic heterocycles. The van der Waals surface area contributed by atoms with Crippen molar-refractivity contribution in [3.8, 4) is 0 Å². The van der Waals surface area contributed by atoms with Gasteiger partial charge in [0, 0.05) is 36.5 Å². The summed E-state index contributed by atoms with van der Waals surface area (Å²) < 4.78 is 2.03. The molecule has 1 aliphatic heterocycles. The lowest BCUT2D eigenvalue weighted by molar-refractivity contribution is 0.121. The summed E-state index contributed by atoms with van der Waals surface area (Å²) in [6.07, 6.45) is 5.18. The molecule has 2 N–H and O–H groups in total.